The number of benzene rings is 1. The number of hydrogen-bond acceptors (Lipinski definition) is 3. The van der Waals surface area contributed by atoms with Crippen molar-refractivity contribution in [2.45, 2.75) is 19.9 Å². The van der Waals surface area contributed by atoms with Crippen LogP contribution in [0, 0.1) is 6.92 Å². The third-order valence-corrected chi connectivity index (χ3v) is 4.48. The van der Waals surface area contributed by atoms with E-state index >= 15 is 0 Å². The molecule has 0 aliphatic carbocycles. The van der Waals surface area contributed by atoms with Crippen LogP contribution in [0.25, 0.3) is 10.9 Å². The van der Waals surface area contributed by atoms with Crippen LogP contribution in [-0.2, 0) is 20.0 Å². The lowest BCUT2D eigenvalue weighted by Crippen LogP contribution is -2.19. The highest BCUT2D eigenvalue weighted by atomic mass is 32.1. The molecule has 0 fully saturated rings. The van der Waals surface area contributed by atoms with Gasteiger partial charge in [0.05, 0.1) is 11.2 Å². The van der Waals surface area contributed by atoms with Crippen LogP contribution in [0.4, 0.5) is 0 Å². The Morgan fingerprint density at radius 1 is 1.30 bits per heavy atom. The van der Waals surface area contributed by atoms with Crippen LogP contribution in [0.3, 0.4) is 0 Å². The first kappa shape index (κ1) is 13.3. The number of hydrogen-bond donors (Lipinski definition) is 1. The topological polar surface area (TPSA) is 29.9 Å². The van der Waals surface area contributed by atoms with Crippen molar-refractivity contribution in [2.75, 3.05) is 6.54 Å². The molecule has 0 spiro atoms. The van der Waals surface area contributed by atoms with Crippen molar-refractivity contribution in [3.05, 3.63) is 52.1 Å². The first-order valence-electron chi connectivity index (χ1n) is 6.88. The van der Waals surface area contributed by atoms with Gasteiger partial charge in [-0.05, 0) is 18.6 Å². The molecule has 0 unspecified atom stereocenters. The normalized spacial score (nSPS) is 11.3. The average Bonchev–Trinajstić information content (AvgIpc) is 3.06. The molecule has 0 aliphatic heterocycles. The van der Waals surface area contributed by atoms with Crippen LogP contribution in [0.5, 0.6) is 0 Å². The molecule has 0 aliphatic rings. The molecule has 3 aromatic rings. The zero-order valence-electron chi connectivity index (χ0n) is 11.9. The summed E-state index contributed by atoms with van der Waals surface area (Å²) in [6.45, 7) is 4.08. The minimum Gasteiger partial charge on any atom is -0.346 e. The minimum atomic E-state index is 0.904. The molecule has 2 aromatic heterocycles. The summed E-state index contributed by atoms with van der Waals surface area (Å²) in [5, 5.41) is 6.99. The number of nitrogens with zero attached hydrogens (tertiary/aromatic N) is 2. The third-order valence-electron chi connectivity index (χ3n) is 3.84. The summed E-state index contributed by atoms with van der Waals surface area (Å²) < 4.78 is 2.29. The van der Waals surface area contributed by atoms with Crippen LogP contribution in [0.15, 0.2) is 35.2 Å². The molecular weight excluding hydrogens is 266 g/mol. The van der Waals surface area contributed by atoms with E-state index in [9.17, 15) is 0 Å². The SMILES string of the molecule is Cc1c(CNCCc2cscn2)n(C)c2ccccc12. The maximum absolute atomic E-state index is 4.30. The van der Waals surface area contributed by atoms with Crippen LogP contribution >= 0.6 is 11.3 Å². The lowest BCUT2D eigenvalue weighted by atomic mass is 10.1. The van der Waals surface area contributed by atoms with E-state index in [1.807, 2.05) is 5.51 Å². The Morgan fingerprint density at radius 3 is 2.90 bits per heavy atom. The molecule has 104 valence electrons. The predicted octanol–water partition coefficient (Wildman–Crippen LogP) is 3.28. The molecule has 0 saturated heterocycles. The first-order chi connectivity index (χ1) is 9.77. The molecule has 0 bridgehead atoms. The average molecular weight is 285 g/mol. The van der Waals surface area contributed by atoms with Crippen molar-refractivity contribution in [1.82, 2.24) is 14.9 Å². The number of para-hydroxylation sites is 1. The van der Waals surface area contributed by atoms with Gasteiger partial charge in [0, 0.05) is 48.5 Å². The van der Waals surface area contributed by atoms with E-state index in [1.165, 1.54) is 27.9 Å². The summed E-state index contributed by atoms with van der Waals surface area (Å²) in [5.74, 6) is 0. The summed E-state index contributed by atoms with van der Waals surface area (Å²) in [4.78, 5) is 4.30. The summed E-state index contributed by atoms with van der Waals surface area (Å²) in [6, 6.07) is 8.58. The zero-order valence-corrected chi connectivity index (χ0v) is 12.7. The van der Waals surface area contributed by atoms with Crippen molar-refractivity contribution >= 4 is 22.2 Å². The Hall–Kier alpha value is -1.65. The molecule has 20 heavy (non-hydrogen) atoms. The summed E-state index contributed by atoms with van der Waals surface area (Å²) in [5.41, 5.74) is 7.12. The Morgan fingerprint density at radius 2 is 2.15 bits per heavy atom. The van der Waals surface area contributed by atoms with E-state index in [2.05, 4.69) is 58.5 Å². The second kappa shape index (κ2) is 5.77. The lowest BCUT2D eigenvalue weighted by Gasteiger charge is -2.07. The van der Waals surface area contributed by atoms with Crippen molar-refractivity contribution in [3.63, 3.8) is 0 Å². The number of fused-ring (bicyclic) bond motifs is 1. The van der Waals surface area contributed by atoms with Gasteiger partial charge in [0.1, 0.15) is 0 Å². The number of thiazole rings is 1. The quantitative estimate of drug-likeness (QED) is 0.729. The molecule has 4 heteroatoms. The largest absolute Gasteiger partial charge is 0.346 e. The minimum absolute atomic E-state index is 0.904. The molecule has 1 N–H and O–H groups in total. The second-order valence-electron chi connectivity index (χ2n) is 5.05. The Balaban J connectivity index is 1.68. The number of nitrogens with one attached hydrogen (secondary N) is 1. The van der Waals surface area contributed by atoms with E-state index in [0.717, 1.165) is 19.5 Å². The van der Waals surface area contributed by atoms with Crippen LogP contribution < -0.4 is 5.32 Å². The lowest BCUT2D eigenvalue weighted by molar-refractivity contribution is 0.650. The highest BCUT2D eigenvalue weighted by Crippen LogP contribution is 2.24. The van der Waals surface area contributed by atoms with Crippen molar-refractivity contribution < 1.29 is 0 Å². The fourth-order valence-electron chi connectivity index (χ4n) is 2.67. The second-order valence-corrected chi connectivity index (χ2v) is 5.77. The van der Waals surface area contributed by atoms with Gasteiger partial charge in [0.2, 0.25) is 0 Å². The van der Waals surface area contributed by atoms with E-state index in [0.29, 0.717) is 0 Å². The molecule has 3 rings (SSSR count). The first-order valence-corrected chi connectivity index (χ1v) is 7.82. The predicted molar refractivity (Wildman–Crippen MR) is 85.2 cm³/mol. The van der Waals surface area contributed by atoms with Crippen LogP contribution in [0.2, 0.25) is 0 Å². The van der Waals surface area contributed by atoms with Crippen molar-refractivity contribution in [2.24, 2.45) is 7.05 Å². The van der Waals surface area contributed by atoms with Gasteiger partial charge in [0.25, 0.3) is 0 Å². The molecule has 0 saturated carbocycles. The van der Waals surface area contributed by atoms with E-state index < -0.39 is 0 Å². The van der Waals surface area contributed by atoms with Gasteiger partial charge in [-0.2, -0.15) is 0 Å². The molecule has 1 aromatic carbocycles. The van der Waals surface area contributed by atoms with Gasteiger partial charge in [-0.3, -0.25) is 0 Å². The van der Waals surface area contributed by atoms with Crippen molar-refractivity contribution in [1.29, 1.82) is 0 Å². The maximum Gasteiger partial charge on any atom is 0.0794 e. The molecule has 2 heterocycles. The van der Waals surface area contributed by atoms with Crippen LogP contribution in [0.1, 0.15) is 17.0 Å². The summed E-state index contributed by atoms with van der Waals surface area (Å²) >= 11 is 1.66. The van der Waals surface area contributed by atoms with E-state index in [1.54, 1.807) is 11.3 Å². The molecule has 0 atom stereocenters. The fraction of sp³-hybridized carbons (Fsp3) is 0.312. The van der Waals surface area contributed by atoms with Crippen LogP contribution in [-0.4, -0.2) is 16.1 Å². The maximum atomic E-state index is 4.30. The highest BCUT2D eigenvalue weighted by Gasteiger charge is 2.10. The standard InChI is InChI=1S/C16H19N3S/c1-12-14-5-3-4-6-15(14)19(2)16(12)9-17-8-7-13-10-20-11-18-13/h3-6,10-11,17H,7-9H2,1-2H3. The van der Waals surface area contributed by atoms with E-state index in [-0.39, 0.29) is 0 Å². The third kappa shape index (κ3) is 2.49. The van der Waals surface area contributed by atoms with Gasteiger partial charge in [-0.15, -0.1) is 11.3 Å². The number of rotatable bonds is 5. The molecular formula is C16H19N3S. The van der Waals surface area contributed by atoms with E-state index in [4.69, 9.17) is 0 Å². The van der Waals surface area contributed by atoms with Crippen molar-refractivity contribution in [3.8, 4) is 0 Å². The molecule has 3 nitrogen and oxygen atoms in total. The highest BCUT2D eigenvalue weighted by molar-refractivity contribution is 7.07. The summed E-state index contributed by atoms with van der Waals surface area (Å²) in [7, 11) is 2.15. The summed E-state index contributed by atoms with van der Waals surface area (Å²) in [6.07, 6.45) is 0.993. The smallest absolute Gasteiger partial charge is 0.0794 e. The van der Waals surface area contributed by atoms with Gasteiger partial charge in [-0.25, -0.2) is 4.98 Å². The number of aryl methyl sites for hydroxylation is 2. The molecule has 0 radical (unpaired) electrons. The Labute approximate surface area is 123 Å². The van der Waals surface area contributed by atoms with Gasteiger partial charge in [0.15, 0.2) is 0 Å². The Kier molecular flexibility index (Phi) is 3.85. The van der Waals surface area contributed by atoms with Gasteiger partial charge in [-0.1, -0.05) is 18.2 Å². The number of aromatic nitrogens is 2. The Bertz CT molecular complexity index is 659. The zero-order chi connectivity index (χ0) is 13.9. The monoisotopic (exact) mass is 285 g/mol. The van der Waals surface area contributed by atoms with Gasteiger partial charge >= 0.3 is 0 Å². The fourth-order valence-corrected chi connectivity index (χ4v) is 3.26. The van der Waals surface area contributed by atoms with Gasteiger partial charge < -0.3 is 9.88 Å². The molecule has 0 amide bonds.